The minimum Gasteiger partial charge on any atom is -0.445 e. The zero-order chi connectivity index (χ0) is 20.0. The first-order chi connectivity index (χ1) is 14.1. The Kier molecular flexibility index (Phi) is 5.19. The Labute approximate surface area is 181 Å². The topological polar surface area (TPSA) is 41.6 Å². The van der Waals surface area contributed by atoms with E-state index in [0.717, 1.165) is 62.0 Å². The molecule has 0 spiro atoms. The van der Waals surface area contributed by atoms with Crippen LogP contribution in [0.4, 0.5) is 4.79 Å². The molecule has 6 heteroatoms. The van der Waals surface area contributed by atoms with Crippen molar-refractivity contribution in [3.63, 3.8) is 0 Å². The molecule has 1 N–H and O–H groups in total. The lowest BCUT2D eigenvalue weighted by molar-refractivity contribution is -0.0339. The number of amides is 1. The van der Waals surface area contributed by atoms with Crippen LogP contribution in [0.15, 0.2) is 36.4 Å². The molecule has 3 heterocycles. The van der Waals surface area contributed by atoms with Crippen molar-refractivity contribution in [2.75, 3.05) is 19.6 Å². The van der Waals surface area contributed by atoms with E-state index < -0.39 is 0 Å². The zero-order valence-electron chi connectivity index (χ0n) is 16.2. The van der Waals surface area contributed by atoms with Crippen molar-refractivity contribution in [1.82, 2.24) is 10.2 Å². The van der Waals surface area contributed by atoms with Crippen molar-refractivity contribution >= 4 is 29.3 Å². The molecule has 2 aromatic rings. The van der Waals surface area contributed by atoms with Gasteiger partial charge in [0, 0.05) is 22.2 Å². The van der Waals surface area contributed by atoms with Crippen LogP contribution in [-0.4, -0.2) is 36.7 Å². The lowest BCUT2D eigenvalue weighted by atomic mass is 9.86. The summed E-state index contributed by atoms with van der Waals surface area (Å²) in [5, 5.41) is 4.44. The highest BCUT2D eigenvalue weighted by Gasteiger charge is 2.37. The molecule has 3 fully saturated rings. The first kappa shape index (κ1) is 19.2. The van der Waals surface area contributed by atoms with E-state index >= 15 is 0 Å². The molecule has 3 aliphatic heterocycles. The highest BCUT2D eigenvalue weighted by Crippen LogP contribution is 2.37. The fourth-order valence-corrected chi connectivity index (χ4v) is 5.41. The number of halogens is 2. The van der Waals surface area contributed by atoms with Crippen LogP contribution >= 0.6 is 23.2 Å². The number of hydrogen-bond donors (Lipinski definition) is 1. The van der Waals surface area contributed by atoms with Gasteiger partial charge in [-0.25, -0.2) is 4.79 Å². The normalized spacial score (nSPS) is 27.5. The van der Waals surface area contributed by atoms with Gasteiger partial charge in [0.2, 0.25) is 0 Å². The average molecular weight is 431 g/mol. The maximum absolute atomic E-state index is 12.5. The van der Waals surface area contributed by atoms with E-state index in [4.69, 9.17) is 27.9 Å². The predicted octanol–water partition coefficient (Wildman–Crippen LogP) is 5.47. The average Bonchev–Trinajstić information content (AvgIpc) is 3.12. The number of benzene rings is 2. The molecular formula is C23H24Cl2N2O2. The van der Waals surface area contributed by atoms with Crippen molar-refractivity contribution in [1.29, 1.82) is 0 Å². The largest absolute Gasteiger partial charge is 0.445 e. The predicted molar refractivity (Wildman–Crippen MR) is 116 cm³/mol. The summed E-state index contributed by atoms with van der Waals surface area (Å²) in [5.41, 5.74) is 4.39. The third-order valence-corrected chi connectivity index (χ3v) is 7.17. The molecule has 1 amide bonds. The number of aryl methyl sites for hydroxylation is 1. The van der Waals surface area contributed by atoms with Gasteiger partial charge in [0.05, 0.1) is 6.04 Å². The molecule has 0 radical (unpaired) electrons. The number of nitrogens with zero attached hydrogens (tertiary/aromatic N) is 1. The molecule has 2 aromatic carbocycles. The van der Waals surface area contributed by atoms with Gasteiger partial charge in [-0.2, -0.15) is 0 Å². The SMILES string of the molecule is O=C(NC1CCc2cc(-c3cc(Cl)ccc3Cl)ccc21)O[C@@H]1CN2CCC1CC2. The van der Waals surface area contributed by atoms with Crippen molar-refractivity contribution in [2.45, 2.75) is 37.8 Å². The molecule has 6 rings (SSSR count). The Bertz CT molecular complexity index is 940. The van der Waals surface area contributed by atoms with Crippen molar-refractivity contribution in [3.05, 3.63) is 57.6 Å². The summed E-state index contributed by atoms with van der Waals surface area (Å²) < 4.78 is 5.80. The number of hydrogen-bond acceptors (Lipinski definition) is 3. The molecule has 3 saturated heterocycles. The van der Waals surface area contributed by atoms with Crippen LogP contribution in [0.25, 0.3) is 11.1 Å². The van der Waals surface area contributed by atoms with Crippen molar-refractivity contribution < 1.29 is 9.53 Å². The van der Waals surface area contributed by atoms with Crippen LogP contribution in [0.3, 0.4) is 0 Å². The molecule has 0 aromatic heterocycles. The number of rotatable bonds is 3. The minimum atomic E-state index is -0.288. The highest BCUT2D eigenvalue weighted by molar-refractivity contribution is 6.35. The quantitative estimate of drug-likeness (QED) is 0.701. The maximum Gasteiger partial charge on any atom is 0.407 e. The Morgan fingerprint density at radius 2 is 1.90 bits per heavy atom. The molecule has 0 saturated carbocycles. The lowest BCUT2D eigenvalue weighted by Gasteiger charge is -2.43. The minimum absolute atomic E-state index is 0.00228. The van der Waals surface area contributed by atoms with Gasteiger partial charge in [-0.1, -0.05) is 41.4 Å². The summed E-state index contributed by atoms with van der Waals surface area (Å²) >= 11 is 12.5. The summed E-state index contributed by atoms with van der Waals surface area (Å²) in [6.07, 6.45) is 3.83. The summed E-state index contributed by atoms with van der Waals surface area (Å²) in [4.78, 5) is 14.9. The summed E-state index contributed by atoms with van der Waals surface area (Å²) in [6, 6.07) is 11.8. The fourth-order valence-electron chi connectivity index (χ4n) is 5.01. The highest BCUT2D eigenvalue weighted by atomic mass is 35.5. The molecule has 2 bridgehead atoms. The maximum atomic E-state index is 12.5. The van der Waals surface area contributed by atoms with Gasteiger partial charge in [0.25, 0.3) is 0 Å². The van der Waals surface area contributed by atoms with Crippen LogP contribution in [0.2, 0.25) is 10.0 Å². The molecule has 4 aliphatic rings. The van der Waals surface area contributed by atoms with Crippen LogP contribution < -0.4 is 5.32 Å². The van der Waals surface area contributed by atoms with Crippen LogP contribution in [-0.2, 0) is 11.2 Å². The van der Waals surface area contributed by atoms with E-state index in [9.17, 15) is 4.79 Å². The molecule has 1 aliphatic carbocycles. The van der Waals surface area contributed by atoms with Crippen molar-refractivity contribution in [3.8, 4) is 11.1 Å². The Hall–Kier alpha value is -1.75. The smallest absolute Gasteiger partial charge is 0.407 e. The molecule has 1 unspecified atom stereocenters. The van der Waals surface area contributed by atoms with E-state index in [1.165, 1.54) is 5.56 Å². The second-order valence-electron chi connectivity index (χ2n) is 8.36. The Balaban J connectivity index is 1.27. The number of piperidine rings is 3. The number of ether oxygens (including phenoxy) is 1. The first-order valence-electron chi connectivity index (χ1n) is 10.3. The number of fused-ring (bicyclic) bond motifs is 4. The van der Waals surface area contributed by atoms with E-state index in [0.29, 0.717) is 16.0 Å². The fraction of sp³-hybridized carbons (Fsp3) is 0.435. The first-order valence-corrected chi connectivity index (χ1v) is 11.1. The number of alkyl carbamates (subject to hydrolysis) is 1. The summed E-state index contributed by atoms with van der Waals surface area (Å²) in [7, 11) is 0. The van der Waals surface area contributed by atoms with E-state index in [1.54, 1.807) is 6.07 Å². The van der Waals surface area contributed by atoms with E-state index in [2.05, 4.69) is 28.4 Å². The van der Waals surface area contributed by atoms with E-state index in [1.807, 2.05) is 12.1 Å². The van der Waals surface area contributed by atoms with Gasteiger partial charge < -0.3 is 10.1 Å². The van der Waals surface area contributed by atoms with Gasteiger partial charge in [0.15, 0.2) is 0 Å². The summed E-state index contributed by atoms with van der Waals surface area (Å²) in [5.74, 6) is 0.520. The second-order valence-corrected chi connectivity index (χ2v) is 9.20. The second kappa shape index (κ2) is 7.82. The number of carbonyl (C=O) groups is 1. The van der Waals surface area contributed by atoms with Crippen LogP contribution in [0, 0.1) is 5.92 Å². The molecule has 4 nitrogen and oxygen atoms in total. The van der Waals surface area contributed by atoms with Crippen LogP contribution in [0.5, 0.6) is 0 Å². The van der Waals surface area contributed by atoms with E-state index in [-0.39, 0.29) is 18.2 Å². The monoisotopic (exact) mass is 430 g/mol. The van der Waals surface area contributed by atoms with Crippen LogP contribution in [0.1, 0.15) is 36.4 Å². The third kappa shape index (κ3) is 3.86. The van der Waals surface area contributed by atoms with Gasteiger partial charge in [-0.15, -0.1) is 0 Å². The zero-order valence-corrected chi connectivity index (χ0v) is 17.7. The molecule has 152 valence electrons. The van der Waals surface area contributed by atoms with Gasteiger partial charge >= 0.3 is 6.09 Å². The van der Waals surface area contributed by atoms with Gasteiger partial charge in [-0.05, 0) is 79.6 Å². The molecule has 2 atom stereocenters. The van der Waals surface area contributed by atoms with Gasteiger partial charge in [0.1, 0.15) is 6.10 Å². The molecular weight excluding hydrogens is 407 g/mol. The lowest BCUT2D eigenvalue weighted by Crippen LogP contribution is -2.52. The number of carbonyl (C=O) groups excluding carboxylic acids is 1. The third-order valence-electron chi connectivity index (χ3n) is 6.61. The molecule has 29 heavy (non-hydrogen) atoms. The Morgan fingerprint density at radius 3 is 2.66 bits per heavy atom. The summed E-state index contributed by atoms with van der Waals surface area (Å²) in [6.45, 7) is 3.16. The standard InChI is InChI=1S/C23H24Cl2N2O2/c24-17-3-5-20(25)19(12-17)16-1-4-18-15(11-16)2-6-21(18)26-23(28)29-22-13-27-9-7-14(22)8-10-27/h1,3-5,11-12,14,21-22H,2,6-10,13H2,(H,26,28)/t21?,22-/m1/s1. The van der Waals surface area contributed by atoms with Crippen molar-refractivity contribution in [2.24, 2.45) is 5.92 Å². The Morgan fingerprint density at radius 1 is 1.07 bits per heavy atom. The van der Waals surface area contributed by atoms with Gasteiger partial charge in [-0.3, -0.25) is 4.90 Å². The number of nitrogens with one attached hydrogen (secondary N) is 1.